The quantitative estimate of drug-likeness (QED) is 0.451. The van der Waals surface area contributed by atoms with Crippen LogP contribution in [0.5, 0.6) is 0 Å². The number of aryl methyl sites for hydroxylation is 2. The Bertz CT molecular complexity index is 1210. The van der Waals surface area contributed by atoms with Crippen molar-refractivity contribution in [3.63, 3.8) is 0 Å². The van der Waals surface area contributed by atoms with Crippen LogP contribution in [0.1, 0.15) is 27.2 Å². The van der Waals surface area contributed by atoms with Gasteiger partial charge in [0.15, 0.2) is 10.9 Å². The number of nitrogens with zero attached hydrogens (tertiary/aromatic N) is 3. The zero-order valence-electron chi connectivity index (χ0n) is 15.8. The molecule has 0 N–H and O–H groups in total. The van der Waals surface area contributed by atoms with Crippen LogP contribution >= 0.6 is 11.3 Å². The number of amides is 1. The zero-order chi connectivity index (χ0) is 20.5. The molecular weight excluding hydrogens is 392 g/mol. The number of fused-ring (bicyclic) bond motifs is 1. The van der Waals surface area contributed by atoms with E-state index < -0.39 is 11.6 Å². The molecule has 1 amide bonds. The number of benzene rings is 2. The lowest BCUT2D eigenvalue weighted by molar-refractivity contribution is 0.0984. The number of rotatable bonds is 4. The van der Waals surface area contributed by atoms with Gasteiger partial charge in [0.1, 0.15) is 11.3 Å². The van der Waals surface area contributed by atoms with Crippen LogP contribution in [0.25, 0.3) is 10.2 Å². The lowest BCUT2D eigenvalue weighted by Crippen LogP contribution is -2.31. The Hall–Kier alpha value is -3.19. The normalized spacial score (nSPS) is 11.0. The fourth-order valence-electron chi connectivity index (χ4n) is 3.05. The molecule has 0 radical (unpaired) electrons. The Balaban J connectivity index is 1.83. The monoisotopic (exact) mass is 409 g/mol. The van der Waals surface area contributed by atoms with Crippen molar-refractivity contribution in [1.29, 1.82) is 0 Å². The minimum absolute atomic E-state index is 0.0474. The SMILES string of the molecule is Cc1ccc(C)c(C(=O)N(Cc2ccccn2)c2nc3c(F)cc(F)cc3s2)c1. The first-order valence-corrected chi connectivity index (χ1v) is 9.78. The summed E-state index contributed by atoms with van der Waals surface area (Å²) in [6.45, 7) is 3.94. The summed E-state index contributed by atoms with van der Waals surface area (Å²) in [5.74, 6) is -1.70. The number of halogens is 2. The fourth-order valence-corrected chi connectivity index (χ4v) is 4.06. The van der Waals surface area contributed by atoms with Crippen molar-refractivity contribution in [2.24, 2.45) is 0 Å². The first kappa shape index (κ1) is 19.1. The second-order valence-corrected chi connectivity index (χ2v) is 7.77. The third-order valence-electron chi connectivity index (χ3n) is 4.55. The fraction of sp³-hybridized carbons (Fsp3) is 0.136. The summed E-state index contributed by atoms with van der Waals surface area (Å²) in [7, 11) is 0. The van der Waals surface area contributed by atoms with Gasteiger partial charge in [-0.2, -0.15) is 0 Å². The topological polar surface area (TPSA) is 46.1 Å². The average Bonchev–Trinajstić information content (AvgIpc) is 3.12. The third kappa shape index (κ3) is 3.86. The van der Waals surface area contributed by atoms with Gasteiger partial charge in [-0.1, -0.05) is 35.1 Å². The van der Waals surface area contributed by atoms with Gasteiger partial charge in [0, 0.05) is 17.8 Å². The number of carbonyl (C=O) groups is 1. The minimum Gasteiger partial charge on any atom is -0.278 e. The van der Waals surface area contributed by atoms with Crippen LogP contribution < -0.4 is 4.90 Å². The molecule has 4 aromatic rings. The molecule has 0 unspecified atom stereocenters. The second-order valence-electron chi connectivity index (χ2n) is 6.76. The maximum Gasteiger partial charge on any atom is 0.260 e. The van der Waals surface area contributed by atoms with Crippen molar-refractivity contribution in [2.75, 3.05) is 4.90 Å². The molecule has 0 bridgehead atoms. The molecule has 0 aliphatic carbocycles. The molecule has 2 heterocycles. The molecule has 0 fully saturated rings. The van der Waals surface area contributed by atoms with Gasteiger partial charge in [0.25, 0.3) is 5.91 Å². The molecule has 2 aromatic carbocycles. The number of hydrogen-bond donors (Lipinski definition) is 0. The van der Waals surface area contributed by atoms with E-state index in [9.17, 15) is 13.6 Å². The highest BCUT2D eigenvalue weighted by Gasteiger charge is 2.24. The van der Waals surface area contributed by atoms with E-state index in [4.69, 9.17) is 0 Å². The molecule has 2 aromatic heterocycles. The molecule has 0 saturated carbocycles. The zero-order valence-corrected chi connectivity index (χ0v) is 16.6. The van der Waals surface area contributed by atoms with Crippen molar-refractivity contribution in [1.82, 2.24) is 9.97 Å². The van der Waals surface area contributed by atoms with Crippen molar-refractivity contribution in [3.05, 3.63) is 88.7 Å². The van der Waals surface area contributed by atoms with E-state index >= 15 is 0 Å². The largest absolute Gasteiger partial charge is 0.278 e. The van der Waals surface area contributed by atoms with E-state index in [1.807, 2.05) is 38.1 Å². The van der Waals surface area contributed by atoms with Crippen molar-refractivity contribution in [2.45, 2.75) is 20.4 Å². The van der Waals surface area contributed by atoms with Crippen molar-refractivity contribution in [3.8, 4) is 0 Å². The van der Waals surface area contributed by atoms with Gasteiger partial charge in [-0.3, -0.25) is 14.7 Å². The summed E-state index contributed by atoms with van der Waals surface area (Å²) in [6.07, 6.45) is 1.64. The average molecular weight is 409 g/mol. The molecule has 0 atom stereocenters. The van der Waals surface area contributed by atoms with E-state index in [2.05, 4.69) is 9.97 Å². The highest BCUT2D eigenvalue weighted by Crippen LogP contribution is 2.33. The Kier molecular flexibility index (Phi) is 5.07. The van der Waals surface area contributed by atoms with Gasteiger partial charge >= 0.3 is 0 Å². The summed E-state index contributed by atoms with van der Waals surface area (Å²) in [6, 6.07) is 13.1. The molecule has 0 aliphatic heterocycles. The first-order valence-electron chi connectivity index (χ1n) is 8.97. The van der Waals surface area contributed by atoms with E-state index in [-0.39, 0.29) is 18.0 Å². The van der Waals surface area contributed by atoms with Crippen LogP contribution in [-0.4, -0.2) is 15.9 Å². The lowest BCUT2D eigenvalue weighted by Gasteiger charge is -2.21. The van der Waals surface area contributed by atoms with Crippen LogP contribution in [0.2, 0.25) is 0 Å². The van der Waals surface area contributed by atoms with Gasteiger partial charge < -0.3 is 0 Å². The number of aromatic nitrogens is 2. The standard InChI is InChI=1S/C22H17F2N3OS/c1-13-6-7-14(2)17(9-13)21(28)27(12-16-5-3-4-8-25-16)22-26-20-18(24)10-15(23)11-19(20)29-22/h3-11H,12H2,1-2H3. The maximum absolute atomic E-state index is 14.2. The first-order chi connectivity index (χ1) is 13.9. The summed E-state index contributed by atoms with van der Waals surface area (Å²) >= 11 is 1.07. The van der Waals surface area contributed by atoms with E-state index in [1.165, 1.54) is 11.0 Å². The summed E-state index contributed by atoms with van der Waals surface area (Å²) in [5, 5.41) is 0.293. The van der Waals surface area contributed by atoms with Crippen molar-refractivity contribution >= 4 is 32.6 Å². The molecule has 0 saturated heterocycles. The van der Waals surface area contributed by atoms with Crippen LogP contribution in [-0.2, 0) is 6.54 Å². The summed E-state index contributed by atoms with van der Waals surface area (Å²) in [5.41, 5.74) is 3.02. The lowest BCUT2D eigenvalue weighted by atomic mass is 10.0. The molecule has 4 nitrogen and oxygen atoms in total. The van der Waals surface area contributed by atoms with Gasteiger partial charge in [-0.15, -0.1) is 0 Å². The van der Waals surface area contributed by atoms with Crippen LogP contribution in [0, 0.1) is 25.5 Å². The molecule has 4 rings (SSSR count). The number of pyridine rings is 1. The van der Waals surface area contributed by atoms with Crippen LogP contribution in [0.4, 0.5) is 13.9 Å². The molecule has 0 spiro atoms. The summed E-state index contributed by atoms with van der Waals surface area (Å²) in [4.78, 5) is 23.5. The molecule has 7 heteroatoms. The number of anilines is 1. The third-order valence-corrected chi connectivity index (χ3v) is 5.57. The highest BCUT2D eigenvalue weighted by atomic mass is 32.1. The molecule has 0 aliphatic rings. The Morgan fingerprint density at radius 2 is 1.93 bits per heavy atom. The number of thiazole rings is 1. The van der Waals surface area contributed by atoms with Gasteiger partial charge in [0.05, 0.1) is 16.9 Å². The number of hydrogen-bond acceptors (Lipinski definition) is 4. The smallest absolute Gasteiger partial charge is 0.260 e. The van der Waals surface area contributed by atoms with Gasteiger partial charge in [-0.25, -0.2) is 13.8 Å². The van der Waals surface area contributed by atoms with Crippen molar-refractivity contribution < 1.29 is 13.6 Å². The molecule has 29 heavy (non-hydrogen) atoms. The minimum atomic E-state index is -0.750. The predicted molar refractivity (Wildman–Crippen MR) is 110 cm³/mol. The Morgan fingerprint density at radius 3 is 2.69 bits per heavy atom. The van der Waals surface area contributed by atoms with E-state index in [0.29, 0.717) is 21.1 Å². The van der Waals surface area contributed by atoms with Gasteiger partial charge in [-0.05, 0) is 43.7 Å². The summed E-state index contributed by atoms with van der Waals surface area (Å²) < 4.78 is 28.1. The number of carbonyl (C=O) groups excluding carboxylic acids is 1. The maximum atomic E-state index is 14.2. The van der Waals surface area contributed by atoms with E-state index in [0.717, 1.165) is 28.5 Å². The van der Waals surface area contributed by atoms with E-state index in [1.54, 1.807) is 18.3 Å². The second kappa shape index (κ2) is 7.67. The highest BCUT2D eigenvalue weighted by molar-refractivity contribution is 7.22. The van der Waals surface area contributed by atoms with Crippen LogP contribution in [0.15, 0.2) is 54.7 Å². The predicted octanol–water partition coefficient (Wildman–Crippen LogP) is 5.43. The Labute approximate surface area is 170 Å². The Morgan fingerprint density at radius 1 is 1.10 bits per heavy atom. The van der Waals surface area contributed by atoms with Gasteiger partial charge in [0.2, 0.25) is 0 Å². The molecular formula is C22H17F2N3OS. The molecule has 146 valence electrons. The van der Waals surface area contributed by atoms with Crippen LogP contribution in [0.3, 0.4) is 0 Å².